The van der Waals surface area contributed by atoms with Gasteiger partial charge in [-0.05, 0) is 76.4 Å². The van der Waals surface area contributed by atoms with E-state index in [1.54, 1.807) is 31.6 Å². The third-order valence-corrected chi connectivity index (χ3v) is 5.57. The predicted molar refractivity (Wildman–Crippen MR) is 131 cm³/mol. The first-order valence-corrected chi connectivity index (χ1v) is 11.5. The number of carbonyl (C=O) groups excluding carboxylic acids is 1. The Morgan fingerprint density at radius 1 is 1.00 bits per heavy atom. The van der Waals surface area contributed by atoms with Crippen molar-refractivity contribution in [3.63, 3.8) is 0 Å². The van der Waals surface area contributed by atoms with Crippen LogP contribution in [0.2, 0.25) is 0 Å². The van der Waals surface area contributed by atoms with Gasteiger partial charge in [-0.3, -0.25) is 0 Å². The van der Waals surface area contributed by atoms with Crippen LogP contribution in [0, 0.1) is 0 Å². The molecular weight excluding hydrogens is 430 g/mol. The molecule has 0 saturated heterocycles. The Balaban J connectivity index is 1.66. The van der Waals surface area contributed by atoms with E-state index in [0.29, 0.717) is 17.9 Å². The summed E-state index contributed by atoms with van der Waals surface area (Å²) in [6, 6.07) is 13.3. The molecular formula is C27H31N3O4. The van der Waals surface area contributed by atoms with Crippen molar-refractivity contribution in [2.45, 2.75) is 58.3 Å². The molecule has 1 fully saturated rings. The lowest BCUT2D eigenvalue weighted by atomic mass is 9.96. The molecule has 0 spiro atoms. The monoisotopic (exact) mass is 461 g/mol. The minimum absolute atomic E-state index is 0.230. The van der Waals surface area contributed by atoms with E-state index in [1.807, 2.05) is 51.1 Å². The number of methoxy groups -OCH3 is 1. The van der Waals surface area contributed by atoms with E-state index < -0.39 is 5.60 Å². The van der Waals surface area contributed by atoms with Gasteiger partial charge in [-0.1, -0.05) is 0 Å². The first-order chi connectivity index (χ1) is 16.3. The highest BCUT2D eigenvalue weighted by atomic mass is 16.6. The van der Waals surface area contributed by atoms with Crippen molar-refractivity contribution in [1.29, 1.82) is 0 Å². The van der Waals surface area contributed by atoms with Crippen LogP contribution in [0.1, 0.15) is 56.0 Å². The fraction of sp³-hybridized carbons (Fsp3) is 0.370. The Hall–Kier alpha value is -3.61. The van der Waals surface area contributed by atoms with Gasteiger partial charge in [-0.15, -0.1) is 0 Å². The van der Waals surface area contributed by atoms with Crippen LogP contribution < -0.4 is 14.4 Å². The van der Waals surface area contributed by atoms with E-state index in [4.69, 9.17) is 14.2 Å². The van der Waals surface area contributed by atoms with E-state index >= 15 is 0 Å². The highest BCUT2D eigenvalue weighted by Crippen LogP contribution is 2.38. The second kappa shape index (κ2) is 10.1. The van der Waals surface area contributed by atoms with Crippen LogP contribution in [0.25, 0.3) is 0 Å². The lowest BCUT2D eigenvalue weighted by Gasteiger charge is -2.29. The molecule has 1 heterocycles. The van der Waals surface area contributed by atoms with Crippen molar-refractivity contribution in [3.05, 3.63) is 72.3 Å². The minimum atomic E-state index is -0.547. The number of hydrogen-bond acceptors (Lipinski definition) is 7. The minimum Gasteiger partial charge on any atom is -0.493 e. The summed E-state index contributed by atoms with van der Waals surface area (Å²) in [5.74, 6) is 1.09. The summed E-state index contributed by atoms with van der Waals surface area (Å²) in [4.78, 5) is 22.9. The van der Waals surface area contributed by atoms with E-state index in [9.17, 15) is 4.79 Å². The van der Waals surface area contributed by atoms with Gasteiger partial charge in [0.25, 0.3) is 0 Å². The maximum atomic E-state index is 12.5. The van der Waals surface area contributed by atoms with Gasteiger partial charge in [0.1, 0.15) is 11.9 Å². The van der Waals surface area contributed by atoms with Gasteiger partial charge in [0.2, 0.25) is 0 Å². The molecule has 178 valence electrons. The number of aromatic nitrogens is 2. The molecule has 0 aliphatic heterocycles. The second-order valence-electron chi connectivity index (χ2n) is 9.39. The van der Waals surface area contributed by atoms with Crippen LogP contribution in [0.4, 0.5) is 11.4 Å². The average molecular weight is 462 g/mol. The van der Waals surface area contributed by atoms with E-state index in [2.05, 4.69) is 14.9 Å². The van der Waals surface area contributed by atoms with Gasteiger partial charge in [0.15, 0.2) is 11.5 Å². The summed E-state index contributed by atoms with van der Waals surface area (Å²) in [6.45, 7) is 6.11. The van der Waals surface area contributed by atoms with Crippen molar-refractivity contribution < 1.29 is 19.0 Å². The quantitative estimate of drug-likeness (QED) is 0.398. The number of ether oxygens (including phenoxy) is 3. The Morgan fingerprint density at radius 3 is 2.26 bits per heavy atom. The summed E-state index contributed by atoms with van der Waals surface area (Å²) in [5, 5.41) is 0. The largest absolute Gasteiger partial charge is 0.493 e. The summed E-state index contributed by atoms with van der Waals surface area (Å²) >= 11 is 0. The molecule has 0 atom stereocenters. The Kier molecular flexibility index (Phi) is 7.01. The SMILES string of the molecule is COc1ccc(N(Cc2cncnc2)c2ccc(C(=O)OC(C)(C)C)cc2)cc1OC1CCC1. The van der Waals surface area contributed by atoms with Crippen LogP contribution in [0.3, 0.4) is 0 Å². The van der Waals surface area contributed by atoms with Gasteiger partial charge in [-0.2, -0.15) is 0 Å². The van der Waals surface area contributed by atoms with Gasteiger partial charge in [0, 0.05) is 35.4 Å². The number of carbonyl (C=O) groups is 1. The first-order valence-electron chi connectivity index (χ1n) is 11.5. The molecule has 7 heteroatoms. The third-order valence-electron chi connectivity index (χ3n) is 5.57. The van der Waals surface area contributed by atoms with Crippen molar-refractivity contribution in [2.24, 2.45) is 0 Å². The molecule has 0 unspecified atom stereocenters. The van der Waals surface area contributed by atoms with Crippen molar-refractivity contribution in [3.8, 4) is 11.5 Å². The highest BCUT2D eigenvalue weighted by molar-refractivity contribution is 5.90. The topological polar surface area (TPSA) is 73.8 Å². The van der Waals surface area contributed by atoms with Gasteiger partial charge < -0.3 is 19.1 Å². The molecule has 1 aliphatic rings. The zero-order valence-electron chi connectivity index (χ0n) is 20.2. The highest BCUT2D eigenvalue weighted by Gasteiger charge is 2.22. The van der Waals surface area contributed by atoms with E-state index in [0.717, 1.165) is 35.5 Å². The molecule has 1 aromatic heterocycles. The maximum absolute atomic E-state index is 12.5. The van der Waals surface area contributed by atoms with Crippen LogP contribution in [-0.4, -0.2) is 34.8 Å². The van der Waals surface area contributed by atoms with Crippen molar-refractivity contribution >= 4 is 17.3 Å². The molecule has 1 aliphatic carbocycles. The second-order valence-corrected chi connectivity index (χ2v) is 9.39. The standard InChI is InChI=1S/C27H31N3O4/c1-27(2,3)34-26(31)20-8-10-21(11-9-20)30(17-19-15-28-18-29-16-19)22-12-13-24(32-4)25(14-22)33-23-6-5-7-23/h8-16,18,23H,5-7,17H2,1-4H3. The lowest BCUT2D eigenvalue weighted by molar-refractivity contribution is 0.00695. The van der Waals surface area contributed by atoms with E-state index in [-0.39, 0.29) is 12.1 Å². The average Bonchev–Trinajstić information content (AvgIpc) is 2.79. The predicted octanol–water partition coefficient (Wildman–Crippen LogP) is 5.71. The number of anilines is 2. The fourth-order valence-electron chi connectivity index (χ4n) is 3.63. The number of hydrogen-bond donors (Lipinski definition) is 0. The van der Waals surface area contributed by atoms with Gasteiger partial charge in [0.05, 0.1) is 25.3 Å². The molecule has 4 rings (SSSR count). The molecule has 34 heavy (non-hydrogen) atoms. The van der Waals surface area contributed by atoms with Gasteiger partial charge >= 0.3 is 5.97 Å². The zero-order chi connectivity index (χ0) is 24.1. The zero-order valence-corrected chi connectivity index (χ0v) is 20.2. The molecule has 0 N–H and O–H groups in total. The van der Waals surface area contributed by atoms with E-state index in [1.165, 1.54) is 12.7 Å². The lowest BCUT2D eigenvalue weighted by Crippen LogP contribution is -2.25. The molecule has 1 saturated carbocycles. The van der Waals surface area contributed by atoms with Crippen LogP contribution >= 0.6 is 0 Å². The molecule has 7 nitrogen and oxygen atoms in total. The van der Waals surface area contributed by atoms with Crippen molar-refractivity contribution in [2.75, 3.05) is 12.0 Å². The molecule has 0 radical (unpaired) electrons. The molecule has 0 amide bonds. The molecule has 0 bridgehead atoms. The smallest absolute Gasteiger partial charge is 0.338 e. The normalized spacial score (nSPS) is 13.6. The Morgan fingerprint density at radius 2 is 1.68 bits per heavy atom. The third kappa shape index (κ3) is 5.84. The van der Waals surface area contributed by atoms with Crippen LogP contribution in [0.5, 0.6) is 11.5 Å². The fourth-order valence-corrected chi connectivity index (χ4v) is 3.63. The first kappa shape index (κ1) is 23.5. The Labute approximate surface area is 200 Å². The van der Waals surface area contributed by atoms with Crippen molar-refractivity contribution in [1.82, 2.24) is 9.97 Å². The molecule has 2 aromatic carbocycles. The van der Waals surface area contributed by atoms with Crippen LogP contribution in [0.15, 0.2) is 61.2 Å². The number of nitrogens with zero attached hydrogens (tertiary/aromatic N) is 3. The maximum Gasteiger partial charge on any atom is 0.338 e. The van der Waals surface area contributed by atoms with Gasteiger partial charge in [-0.25, -0.2) is 14.8 Å². The summed E-state index contributed by atoms with van der Waals surface area (Å²) in [5.41, 5.74) is 2.76. The summed E-state index contributed by atoms with van der Waals surface area (Å²) < 4.78 is 17.2. The number of esters is 1. The summed E-state index contributed by atoms with van der Waals surface area (Å²) in [7, 11) is 1.65. The van der Waals surface area contributed by atoms with Crippen LogP contribution in [-0.2, 0) is 11.3 Å². The summed E-state index contributed by atoms with van der Waals surface area (Å²) in [6.07, 6.45) is 8.65. The Bertz CT molecular complexity index is 1110. The molecule has 3 aromatic rings. The number of rotatable bonds is 8. The number of benzene rings is 2.